The van der Waals surface area contributed by atoms with E-state index in [4.69, 9.17) is 0 Å². The monoisotopic (exact) mass is 299 g/mol. The van der Waals surface area contributed by atoms with Crippen LogP contribution in [0.25, 0.3) is 0 Å². The molecular formula is C15H29N3OS. The quantitative estimate of drug-likeness (QED) is 0.515. The fraction of sp³-hybridized carbons (Fsp3) is 0.800. The Morgan fingerprint density at radius 1 is 1.45 bits per heavy atom. The van der Waals surface area contributed by atoms with Gasteiger partial charge < -0.3 is 10.4 Å². The summed E-state index contributed by atoms with van der Waals surface area (Å²) in [5, 5.41) is 18.8. The van der Waals surface area contributed by atoms with Crippen molar-refractivity contribution < 1.29 is 5.11 Å². The second-order valence-corrected chi connectivity index (χ2v) is 6.53. The van der Waals surface area contributed by atoms with E-state index in [1.807, 2.05) is 30.4 Å². The van der Waals surface area contributed by atoms with Crippen molar-refractivity contribution in [1.29, 1.82) is 0 Å². The average molecular weight is 299 g/mol. The maximum Gasteiger partial charge on any atom is 0.0939 e. The van der Waals surface area contributed by atoms with Gasteiger partial charge in [0.15, 0.2) is 0 Å². The largest absolute Gasteiger partial charge is 0.394 e. The Labute approximate surface area is 127 Å². The number of thioether (sulfide) groups is 1. The molecular weight excluding hydrogens is 270 g/mol. The van der Waals surface area contributed by atoms with E-state index >= 15 is 0 Å². The number of nitrogens with one attached hydrogen (secondary N) is 1. The number of hydrogen-bond acceptors (Lipinski definition) is 4. The zero-order valence-electron chi connectivity index (χ0n) is 13.3. The van der Waals surface area contributed by atoms with Crippen LogP contribution in [0.1, 0.15) is 45.2 Å². The third kappa shape index (κ3) is 5.11. The van der Waals surface area contributed by atoms with Crippen molar-refractivity contribution in [2.75, 3.05) is 18.9 Å². The van der Waals surface area contributed by atoms with Gasteiger partial charge in [0.2, 0.25) is 0 Å². The Morgan fingerprint density at radius 3 is 2.70 bits per heavy atom. The van der Waals surface area contributed by atoms with Gasteiger partial charge in [-0.15, -0.1) is 11.8 Å². The van der Waals surface area contributed by atoms with Crippen LogP contribution in [-0.4, -0.2) is 39.3 Å². The van der Waals surface area contributed by atoms with Crippen LogP contribution >= 0.6 is 11.8 Å². The molecule has 0 bridgehead atoms. The summed E-state index contributed by atoms with van der Waals surface area (Å²) in [7, 11) is 1.99. The summed E-state index contributed by atoms with van der Waals surface area (Å²) in [5.41, 5.74) is 0.969. The van der Waals surface area contributed by atoms with Gasteiger partial charge in [-0.1, -0.05) is 13.8 Å². The number of hydrogen-bond donors (Lipinski definition) is 2. The van der Waals surface area contributed by atoms with Crippen LogP contribution in [-0.2, 0) is 7.05 Å². The van der Waals surface area contributed by atoms with Crippen molar-refractivity contribution in [3.05, 3.63) is 11.8 Å². The average Bonchev–Trinajstić information content (AvgIpc) is 2.77. The standard InChI is InChI=1S/C15H29N3OS/c1-5-9-16-15(6-2,12-19)8-7-10-20-14-11-13(3)17-18(14)4/h11,16,19H,5-10,12H2,1-4H3. The second kappa shape index (κ2) is 8.70. The topological polar surface area (TPSA) is 50.1 Å². The van der Waals surface area contributed by atoms with Crippen molar-refractivity contribution in [2.45, 2.75) is 57.0 Å². The number of aliphatic hydroxyl groups is 1. The molecule has 5 heteroatoms. The second-order valence-electron chi connectivity index (χ2n) is 5.42. The summed E-state index contributed by atoms with van der Waals surface area (Å²) in [6.45, 7) is 7.52. The molecule has 20 heavy (non-hydrogen) atoms. The Hall–Kier alpha value is -0.520. The first-order valence-corrected chi connectivity index (χ1v) is 8.54. The van der Waals surface area contributed by atoms with Crippen LogP contribution in [0.4, 0.5) is 0 Å². The third-order valence-corrected chi connectivity index (χ3v) is 4.91. The summed E-state index contributed by atoms with van der Waals surface area (Å²) in [6.07, 6.45) is 4.19. The maximum absolute atomic E-state index is 9.68. The van der Waals surface area contributed by atoms with Crippen molar-refractivity contribution in [3.63, 3.8) is 0 Å². The van der Waals surface area contributed by atoms with Crippen molar-refractivity contribution in [2.24, 2.45) is 7.05 Å². The Bertz CT molecular complexity index is 388. The highest BCUT2D eigenvalue weighted by Gasteiger charge is 2.25. The van der Waals surface area contributed by atoms with Crippen LogP contribution in [0.15, 0.2) is 11.1 Å². The predicted octanol–water partition coefficient (Wildman–Crippen LogP) is 2.74. The fourth-order valence-electron chi connectivity index (χ4n) is 2.34. The maximum atomic E-state index is 9.68. The highest BCUT2D eigenvalue weighted by Crippen LogP contribution is 2.23. The first-order valence-electron chi connectivity index (χ1n) is 7.56. The molecule has 116 valence electrons. The molecule has 0 aromatic carbocycles. The van der Waals surface area contributed by atoms with Crippen molar-refractivity contribution in [1.82, 2.24) is 15.1 Å². The van der Waals surface area contributed by atoms with E-state index in [9.17, 15) is 5.11 Å². The van der Waals surface area contributed by atoms with E-state index in [1.165, 1.54) is 5.03 Å². The first-order chi connectivity index (χ1) is 9.56. The Balaban J connectivity index is 2.38. The highest BCUT2D eigenvalue weighted by molar-refractivity contribution is 7.99. The normalized spacial score (nSPS) is 14.4. The Morgan fingerprint density at radius 2 is 2.20 bits per heavy atom. The molecule has 0 amide bonds. The van der Waals surface area contributed by atoms with Gasteiger partial charge in [-0.2, -0.15) is 5.10 Å². The van der Waals surface area contributed by atoms with Crippen LogP contribution in [0.2, 0.25) is 0 Å². The Kier molecular flexibility index (Phi) is 7.62. The summed E-state index contributed by atoms with van der Waals surface area (Å²) in [6, 6.07) is 2.12. The van der Waals surface area contributed by atoms with Gasteiger partial charge in [0, 0.05) is 12.6 Å². The SMILES string of the molecule is CCCNC(CC)(CO)CCCSc1cc(C)nn1C. The third-order valence-electron chi connectivity index (χ3n) is 3.74. The molecule has 0 radical (unpaired) electrons. The lowest BCUT2D eigenvalue weighted by atomic mass is 9.91. The van der Waals surface area contributed by atoms with Gasteiger partial charge in [-0.25, -0.2) is 0 Å². The molecule has 0 aliphatic heterocycles. The molecule has 0 saturated carbocycles. The minimum absolute atomic E-state index is 0.0983. The van der Waals surface area contributed by atoms with Crippen LogP contribution in [0.5, 0.6) is 0 Å². The summed E-state index contributed by atoms with van der Waals surface area (Å²) < 4.78 is 1.94. The van der Waals surface area contributed by atoms with E-state index in [-0.39, 0.29) is 12.1 Å². The molecule has 0 aliphatic carbocycles. The van der Waals surface area contributed by atoms with E-state index in [2.05, 4.69) is 30.3 Å². The molecule has 1 unspecified atom stereocenters. The number of aryl methyl sites for hydroxylation is 2. The van der Waals surface area contributed by atoms with Gasteiger partial charge in [-0.3, -0.25) is 4.68 Å². The predicted molar refractivity (Wildman–Crippen MR) is 86.3 cm³/mol. The fourth-order valence-corrected chi connectivity index (χ4v) is 3.32. The van der Waals surface area contributed by atoms with E-state index in [1.54, 1.807) is 0 Å². The number of aliphatic hydroxyl groups excluding tert-OH is 1. The van der Waals surface area contributed by atoms with Gasteiger partial charge in [0.1, 0.15) is 0 Å². The minimum Gasteiger partial charge on any atom is -0.394 e. The zero-order chi connectivity index (χ0) is 15.0. The molecule has 1 rings (SSSR count). The molecule has 1 aromatic heterocycles. The lowest BCUT2D eigenvalue weighted by molar-refractivity contribution is 0.146. The van der Waals surface area contributed by atoms with Crippen LogP contribution in [0.3, 0.4) is 0 Å². The van der Waals surface area contributed by atoms with Gasteiger partial charge in [0.25, 0.3) is 0 Å². The molecule has 1 heterocycles. The smallest absolute Gasteiger partial charge is 0.0939 e. The first kappa shape index (κ1) is 17.5. The van der Waals surface area contributed by atoms with Crippen molar-refractivity contribution in [3.8, 4) is 0 Å². The number of rotatable bonds is 10. The molecule has 4 nitrogen and oxygen atoms in total. The van der Waals surface area contributed by atoms with Gasteiger partial charge in [0.05, 0.1) is 17.3 Å². The molecule has 1 atom stereocenters. The molecule has 0 spiro atoms. The summed E-state index contributed by atoms with van der Waals surface area (Å²) in [4.78, 5) is 0. The molecule has 0 saturated heterocycles. The molecule has 0 aliphatic rings. The van der Waals surface area contributed by atoms with E-state index in [0.29, 0.717) is 0 Å². The van der Waals surface area contributed by atoms with Crippen LogP contribution < -0.4 is 5.32 Å². The highest BCUT2D eigenvalue weighted by atomic mass is 32.2. The van der Waals surface area contributed by atoms with E-state index in [0.717, 1.165) is 43.7 Å². The van der Waals surface area contributed by atoms with E-state index < -0.39 is 0 Å². The molecule has 1 aromatic rings. The van der Waals surface area contributed by atoms with Gasteiger partial charge in [-0.05, 0) is 51.0 Å². The minimum atomic E-state index is -0.0983. The summed E-state index contributed by atoms with van der Waals surface area (Å²) in [5.74, 6) is 1.06. The lowest BCUT2D eigenvalue weighted by Crippen LogP contribution is -2.48. The lowest BCUT2D eigenvalue weighted by Gasteiger charge is -2.32. The van der Waals surface area contributed by atoms with Crippen molar-refractivity contribution >= 4 is 11.8 Å². The molecule has 2 N–H and O–H groups in total. The van der Waals surface area contributed by atoms with Crippen LogP contribution in [0, 0.1) is 6.92 Å². The summed E-state index contributed by atoms with van der Waals surface area (Å²) >= 11 is 1.84. The number of nitrogens with zero attached hydrogens (tertiary/aromatic N) is 2. The number of aromatic nitrogens is 2. The van der Waals surface area contributed by atoms with Gasteiger partial charge >= 0.3 is 0 Å². The molecule has 0 fully saturated rings. The zero-order valence-corrected chi connectivity index (χ0v) is 14.1.